The highest BCUT2D eigenvalue weighted by Crippen LogP contribution is 2.38. The van der Waals surface area contributed by atoms with Gasteiger partial charge in [-0.1, -0.05) is 415 Å². The molecule has 1 aliphatic heterocycles. The van der Waals surface area contributed by atoms with Crippen LogP contribution in [0.4, 0.5) is 5.69 Å². The van der Waals surface area contributed by atoms with Crippen molar-refractivity contribution in [3.05, 3.63) is 284 Å². The summed E-state index contributed by atoms with van der Waals surface area (Å²) in [6.07, 6.45) is 21.9. The molecule has 2 aliphatic rings. The molecule has 1 N–H and O–H groups in total. The summed E-state index contributed by atoms with van der Waals surface area (Å²) in [6.45, 7) is 86.6. The van der Waals surface area contributed by atoms with Gasteiger partial charge in [0.2, 0.25) is 10.6 Å². The smallest absolute Gasteiger partial charge is 0.222 e. The molecule has 0 unspecified atom stereocenters. The van der Waals surface area contributed by atoms with Crippen LogP contribution < -0.4 is 4.90 Å². The molecule has 0 amide bonds. The third-order valence-electron chi connectivity index (χ3n) is 19.7. The number of rotatable bonds is 1. The van der Waals surface area contributed by atoms with Crippen LogP contribution in [-0.4, -0.2) is 106 Å². The number of halogens is 12. The first-order valence-corrected chi connectivity index (χ1v) is 53.4. The van der Waals surface area contributed by atoms with Gasteiger partial charge < -0.3 is 19.1 Å². The Morgan fingerprint density at radius 3 is 1.22 bits per heavy atom. The molecule has 784 valence electrons. The lowest BCUT2D eigenvalue weighted by Gasteiger charge is -2.29. The molecule has 34 heteroatoms. The third-order valence-corrected chi connectivity index (χ3v) is 26.3. The van der Waals surface area contributed by atoms with Crippen molar-refractivity contribution in [1.82, 2.24) is 80.1 Å². The standard InChI is InChI=1S/C14H21NO.C9H13Cl.6C8H11ClN2.C8H12ClN.C8H11ClS.C7H10ClNO.2C7H10ClNS/c1-14(2,3)12-4-6-13(7-5-12)15-8-10-16-11-9-15;1-9(2,3)7-4-5-8(10)6-7;1-8(2,3)6-4-10-5-7(9)11-6;1-8(2,3)6-4-7(9)11-5-10-6;1-8(2,3)6-4-10-7(9)11-5-6;1-8(2,3)6-7(9)11-5-4-10-6;1-8(2,3)6-4-5-10-7(9)11-6;1-8(2,3)6-4-5-7(9)11-10-6;2*1-8(2,3)6-4-5-7(9)10-6;1-7(2,3)5-4-6(8)9-10-5;1-7(2,3)6-9-4-5(8)10-6;1-7(2,3)5-4-9-6(8)10-5/h4-7H,8-11H2,1-3H3;5-6H,4H2,1-3H3;6*4-5H,1-3H3;4-5,10H,1-3H3;4-5H,1-3H3;3*4H,1-3H3. The van der Waals surface area contributed by atoms with Crippen molar-refractivity contribution in [2.24, 2.45) is 5.41 Å². The van der Waals surface area contributed by atoms with Crippen LogP contribution in [0, 0.1) is 5.41 Å². The second kappa shape index (κ2) is 58.2. The lowest BCUT2D eigenvalue weighted by atomic mass is 9.86. The Balaban J connectivity index is 0.000000521. The highest BCUT2D eigenvalue weighted by molar-refractivity contribution is 7.16. The topological polar surface area (TPSA) is 235 Å². The minimum Gasteiger partial charge on any atom is -0.378 e. The SMILES string of the molecule is CC(C)(C)C1=CC(Cl)=CC1.CC(C)(C)c1cc(Cl)ncn1.CC(C)(C)c1cc(Cl)no1.CC(C)(C)c1ccc(Cl)[nH]1.CC(C)(C)c1ccc(Cl)nn1.CC(C)(C)c1ccc(Cl)s1.CC(C)(C)c1ccc(N2CCOCC2)cc1.CC(C)(C)c1ccnc(Cl)n1.CC(C)(C)c1cnc(Cl)nc1.CC(C)(C)c1cnc(Cl)s1.CC(C)(C)c1cncc(Cl)n1.CC(C)(C)c1ncc(Cl)s1.CC(C)(C)c1nccnc1Cl. The number of nitrogens with zero attached hydrogens (tertiary/aromatic N) is 16. The number of morpholine rings is 1. The zero-order valence-electron chi connectivity index (χ0n) is 90.7. The van der Waals surface area contributed by atoms with Gasteiger partial charge in [0.05, 0.1) is 63.4 Å². The lowest BCUT2D eigenvalue weighted by Crippen LogP contribution is -2.36. The number of aromatic nitrogens is 16. The van der Waals surface area contributed by atoms with E-state index in [9.17, 15) is 0 Å². The summed E-state index contributed by atoms with van der Waals surface area (Å²) >= 11 is 73.0. The third kappa shape index (κ3) is 54.2. The van der Waals surface area contributed by atoms with E-state index >= 15 is 0 Å². The summed E-state index contributed by atoms with van der Waals surface area (Å²) in [5, 5.41) is 16.9. The molecule has 0 spiro atoms. The van der Waals surface area contributed by atoms with E-state index in [0.29, 0.717) is 46.0 Å². The average Bonchev–Trinajstić information content (AvgIpc) is 1.47. The molecule has 1 aliphatic carbocycles. The number of allylic oxidation sites excluding steroid dienone is 4. The number of thiazole rings is 2. The molecule has 1 aromatic carbocycles. The summed E-state index contributed by atoms with van der Waals surface area (Å²) < 4.78 is 12.6. The summed E-state index contributed by atoms with van der Waals surface area (Å²) in [7, 11) is 0. The van der Waals surface area contributed by atoms with E-state index in [2.05, 4.69) is 377 Å². The van der Waals surface area contributed by atoms with Crippen molar-refractivity contribution in [2.45, 2.75) is 341 Å². The summed E-state index contributed by atoms with van der Waals surface area (Å²) in [4.78, 5) is 56.0. The Morgan fingerprint density at radius 1 is 0.352 bits per heavy atom. The Labute approximate surface area is 922 Å². The van der Waals surface area contributed by atoms with E-state index < -0.39 is 0 Å². The molecule has 12 aromatic rings. The molecule has 0 radical (unpaired) electrons. The molecule has 0 bridgehead atoms. The van der Waals surface area contributed by atoms with Gasteiger partial charge in [-0.15, -0.1) is 39.1 Å². The number of aromatic amines is 1. The van der Waals surface area contributed by atoms with Gasteiger partial charge >= 0.3 is 0 Å². The van der Waals surface area contributed by atoms with Gasteiger partial charge in [-0.3, -0.25) is 9.97 Å². The minimum atomic E-state index is -0.0225. The number of thiophene rings is 1. The fourth-order valence-electron chi connectivity index (χ4n) is 10.8. The van der Waals surface area contributed by atoms with E-state index in [4.69, 9.17) is 148 Å². The minimum absolute atomic E-state index is 0.000139. The van der Waals surface area contributed by atoms with Gasteiger partial charge in [0.1, 0.15) is 31.9 Å². The molecule has 14 rings (SSSR count). The van der Waals surface area contributed by atoms with Crippen molar-refractivity contribution in [3.63, 3.8) is 0 Å². The number of anilines is 1. The Hall–Kier alpha value is -6.13. The quantitative estimate of drug-likeness (QED) is 0.119. The molecule has 12 heterocycles. The molecule has 11 aromatic heterocycles. The fourth-order valence-corrected chi connectivity index (χ4v) is 15.4. The van der Waals surface area contributed by atoms with Gasteiger partial charge in [-0.25, -0.2) is 49.8 Å². The van der Waals surface area contributed by atoms with Crippen molar-refractivity contribution in [1.29, 1.82) is 0 Å². The van der Waals surface area contributed by atoms with Crippen LogP contribution in [0.2, 0.25) is 54.6 Å². The Bertz CT molecular complexity index is 5240. The molecular weight excluding hydrogens is 2090 g/mol. The number of hydrogen-bond acceptors (Lipinski definition) is 21. The maximum absolute atomic E-state index is 5.84. The molecule has 1 saturated heterocycles. The molecule has 142 heavy (non-hydrogen) atoms. The highest BCUT2D eigenvalue weighted by atomic mass is 35.5. The van der Waals surface area contributed by atoms with Crippen LogP contribution in [0.5, 0.6) is 0 Å². The van der Waals surface area contributed by atoms with Crippen LogP contribution >= 0.6 is 173 Å². The van der Waals surface area contributed by atoms with Gasteiger partial charge in [-0.05, 0) is 135 Å². The van der Waals surface area contributed by atoms with E-state index in [1.807, 2.05) is 57.3 Å². The van der Waals surface area contributed by atoms with Crippen LogP contribution in [0.1, 0.15) is 342 Å². The first kappa shape index (κ1) is 132. The average molecular weight is 2240 g/mol. The van der Waals surface area contributed by atoms with Crippen LogP contribution in [0.15, 0.2) is 168 Å². The van der Waals surface area contributed by atoms with E-state index in [0.717, 1.165) is 91.2 Å². The zero-order valence-corrected chi connectivity index (χ0v) is 102. The van der Waals surface area contributed by atoms with Gasteiger partial charge in [0.25, 0.3) is 0 Å². The van der Waals surface area contributed by atoms with Gasteiger partial charge in [0.15, 0.2) is 19.9 Å². The van der Waals surface area contributed by atoms with Crippen molar-refractivity contribution >= 4 is 179 Å². The largest absolute Gasteiger partial charge is 0.378 e. The van der Waals surface area contributed by atoms with Gasteiger partial charge in [0, 0.05) is 132 Å². The second-order valence-electron chi connectivity index (χ2n) is 46.5. The van der Waals surface area contributed by atoms with E-state index in [1.54, 1.807) is 95.6 Å². The van der Waals surface area contributed by atoms with E-state index in [1.165, 1.54) is 44.8 Å². The summed E-state index contributed by atoms with van der Waals surface area (Å²) in [5.41, 5.74) is 12.6. The molecular formula is C108H153Cl12N17O2S3. The molecule has 19 nitrogen and oxygen atoms in total. The fraction of sp³-hybridized carbons (Fsp3) is 0.528. The molecule has 0 saturated carbocycles. The lowest BCUT2D eigenvalue weighted by molar-refractivity contribution is 0.122. The Kier molecular flexibility index (Phi) is 54.0. The number of H-pyrrole nitrogens is 1. The maximum atomic E-state index is 5.84. The van der Waals surface area contributed by atoms with Crippen molar-refractivity contribution in [3.8, 4) is 0 Å². The number of nitrogens with one attached hydrogen (secondary N) is 1. The number of hydrogen-bond donors (Lipinski definition) is 1. The first-order valence-electron chi connectivity index (χ1n) is 46.5. The summed E-state index contributed by atoms with van der Waals surface area (Å²) in [5.74, 6) is 0.817. The second-order valence-corrected chi connectivity index (χ2v) is 54.9. The van der Waals surface area contributed by atoms with Crippen LogP contribution in [0.25, 0.3) is 0 Å². The first-order chi connectivity index (χ1) is 64.6. The Morgan fingerprint density at radius 2 is 0.908 bits per heavy atom. The zero-order chi connectivity index (χ0) is 109. The monoisotopic (exact) mass is 2240 g/mol. The van der Waals surface area contributed by atoms with Crippen LogP contribution in [0.3, 0.4) is 0 Å². The highest BCUT2D eigenvalue weighted by Gasteiger charge is 2.26. The van der Waals surface area contributed by atoms with Crippen molar-refractivity contribution in [2.75, 3.05) is 31.2 Å². The predicted molar refractivity (Wildman–Crippen MR) is 613 cm³/mol. The van der Waals surface area contributed by atoms with Crippen LogP contribution in [-0.2, 0) is 69.7 Å². The molecule has 0 atom stereocenters. The molecule has 1 fully saturated rings. The normalized spacial score (nSPS) is 12.9. The van der Waals surface area contributed by atoms with Crippen molar-refractivity contribution < 1.29 is 9.26 Å². The van der Waals surface area contributed by atoms with E-state index in [-0.39, 0.29) is 70.4 Å². The number of benzene rings is 1. The van der Waals surface area contributed by atoms with Gasteiger partial charge in [-0.2, -0.15) is 5.10 Å². The maximum Gasteiger partial charge on any atom is 0.222 e. The summed E-state index contributed by atoms with van der Waals surface area (Å²) in [6, 6.07) is 25.9. The number of ether oxygens (including phenoxy) is 1. The predicted octanol–water partition coefficient (Wildman–Crippen LogP) is 36.3.